The molecular formula is C23H24N8O3. The predicted molar refractivity (Wildman–Crippen MR) is 127 cm³/mol. The molecule has 11 heteroatoms. The highest BCUT2D eigenvalue weighted by atomic mass is 16.5. The molecule has 0 saturated heterocycles. The van der Waals surface area contributed by atoms with Gasteiger partial charge in [-0.1, -0.05) is 6.07 Å². The lowest BCUT2D eigenvalue weighted by Gasteiger charge is -2.35. The van der Waals surface area contributed by atoms with Crippen molar-refractivity contribution in [1.82, 2.24) is 29.5 Å². The van der Waals surface area contributed by atoms with Gasteiger partial charge in [0.2, 0.25) is 0 Å². The van der Waals surface area contributed by atoms with Gasteiger partial charge in [0.1, 0.15) is 28.7 Å². The minimum Gasteiger partial charge on any atom is -0.379 e. The van der Waals surface area contributed by atoms with E-state index in [0.717, 1.165) is 12.8 Å². The number of methoxy groups -OCH3 is 1. The molecule has 0 radical (unpaired) electrons. The van der Waals surface area contributed by atoms with Crippen molar-refractivity contribution in [2.75, 3.05) is 24.8 Å². The number of fused-ring (bicyclic) bond motifs is 1. The second-order valence-electron chi connectivity index (χ2n) is 7.91. The number of nitrogens with zero attached hydrogens (tertiary/aromatic N) is 5. The Morgan fingerprint density at radius 3 is 2.79 bits per heavy atom. The largest absolute Gasteiger partial charge is 0.379 e. The zero-order valence-electron chi connectivity index (χ0n) is 18.7. The molecule has 0 spiro atoms. The van der Waals surface area contributed by atoms with Crippen LogP contribution in [0.4, 0.5) is 17.3 Å². The molecule has 1 unspecified atom stereocenters. The molecule has 1 saturated carbocycles. The first-order chi connectivity index (χ1) is 16.6. The normalized spacial score (nSPS) is 17.2. The van der Waals surface area contributed by atoms with Gasteiger partial charge in [-0.2, -0.15) is 9.61 Å². The van der Waals surface area contributed by atoms with E-state index < -0.39 is 0 Å². The van der Waals surface area contributed by atoms with Crippen LogP contribution < -0.4 is 21.5 Å². The van der Waals surface area contributed by atoms with Gasteiger partial charge in [-0.15, -0.1) is 0 Å². The highest BCUT2D eigenvalue weighted by Gasteiger charge is 2.33. The number of ether oxygens (including phenoxy) is 1. The van der Waals surface area contributed by atoms with E-state index in [0.29, 0.717) is 34.4 Å². The molecular weight excluding hydrogens is 436 g/mol. The number of pyridine rings is 2. The highest BCUT2D eigenvalue weighted by molar-refractivity contribution is 6.00. The highest BCUT2D eigenvalue weighted by Crippen LogP contribution is 2.24. The third-order valence-electron chi connectivity index (χ3n) is 5.91. The van der Waals surface area contributed by atoms with Gasteiger partial charge in [0.05, 0.1) is 18.3 Å². The maximum Gasteiger partial charge on any atom is 0.279 e. The summed E-state index contributed by atoms with van der Waals surface area (Å²) in [6, 6.07) is 10.4. The first kappa shape index (κ1) is 21.6. The van der Waals surface area contributed by atoms with E-state index >= 15 is 0 Å². The molecule has 0 aliphatic heterocycles. The molecule has 1 fully saturated rings. The third kappa shape index (κ3) is 3.86. The number of hydrogen-bond acceptors (Lipinski definition) is 8. The molecule has 5 rings (SSSR count). The van der Waals surface area contributed by atoms with Crippen molar-refractivity contribution >= 4 is 28.9 Å². The molecule has 1 amide bonds. The lowest BCUT2D eigenvalue weighted by molar-refractivity contribution is 0.00732. The summed E-state index contributed by atoms with van der Waals surface area (Å²) in [6.45, 7) is 0. The fourth-order valence-corrected chi connectivity index (χ4v) is 3.93. The van der Waals surface area contributed by atoms with E-state index in [1.807, 2.05) is 6.07 Å². The summed E-state index contributed by atoms with van der Waals surface area (Å²) in [6.07, 6.45) is 6.56. The molecule has 0 bridgehead atoms. The van der Waals surface area contributed by atoms with Gasteiger partial charge < -0.3 is 20.7 Å². The Morgan fingerprint density at radius 2 is 2.09 bits per heavy atom. The van der Waals surface area contributed by atoms with Crippen LogP contribution in [-0.4, -0.2) is 56.4 Å². The van der Waals surface area contributed by atoms with Crippen LogP contribution in [0.2, 0.25) is 0 Å². The quantitative estimate of drug-likeness (QED) is 0.382. The molecule has 0 aromatic carbocycles. The summed E-state index contributed by atoms with van der Waals surface area (Å²) < 4.78 is 8.37. The molecule has 4 aromatic rings. The number of carbonyl (C=O) groups is 1. The summed E-state index contributed by atoms with van der Waals surface area (Å²) in [4.78, 5) is 34.8. The zero-order chi connectivity index (χ0) is 23.7. The maximum atomic E-state index is 13.1. The molecule has 2 atom stereocenters. The van der Waals surface area contributed by atoms with E-state index in [4.69, 9.17) is 4.74 Å². The first-order valence-corrected chi connectivity index (χ1v) is 10.9. The first-order valence-electron chi connectivity index (χ1n) is 10.9. The number of nitrogens with one attached hydrogen (secondary N) is 3. The Hall–Kier alpha value is -4.25. The number of hydrogen-bond donors (Lipinski definition) is 3. The van der Waals surface area contributed by atoms with Crippen LogP contribution in [0.15, 0.2) is 59.8 Å². The van der Waals surface area contributed by atoms with Crippen molar-refractivity contribution in [3.63, 3.8) is 0 Å². The van der Waals surface area contributed by atoms with Gasteiger partial charge in [0.25, 0.3) is 11.5 Å². The van der Waals surface area contributed by atoms with Crippen molar-refractivity contribution in [2.45, 2.75) is 25.0 Å². The van der Waals surface area contributed by atoms with Crippen LogP contribution in [0.5, 0.6) is 0 Å². The molecule has 11 nitrogen and oxygen atoms in total. The summed E-state index contributed by atoms with van der Waals surface area (Å²) >= 11 is 0. The Balaban J connectivity index is 1.48. The van der Waals surface area contributed by atoms with E-state index in [1.54, 1.807) is 61.4 Å². The van der Waals surface area contributed by atoms with Crippen molar-refractivity contribution < 1.29 is 9.53 Å². The van der Waals surface area contributed by atoms with Gasteiger partial charge in [-0.05, 0) is 37.1 Å². The maximum absolute atomic E-state index is 13.1. The molecule has 3 N–H and O–H groups in total. The average Bonchev–Trinajstić information content (AvgIpc) is 3.27. The topological polar surface area (TPSA) is 127 Å². The standard InChI is InChI=1S/C23H24N8O3/c1-24-20-12-18(27-16-6-5-11-30(23(16)33)19-7-3-4-10-25-19)29-21-14(13-26-31(20)21)22(32)28-15-8-9-17(15)34-2/h3-7,10-13,15,17,24H,8-9H2,1-2H3,(H,27,29)(H,28,32)/t15?,17-/m1/s1. The van der Waals surface area contributed by atoms with Gasteiger partial charge in [0, 0.05) is 32.6 Å². The third-order valence-corrected chi connectivity index (χ3v) is 5.91. The van der Waals surface area contributed by atoms with Gasteiger partial charge in [-0.3, -0.25) is 14.2 Å². The van der Waals surface area contributed by atoms with Gasteiger partial charge in [0.15, 0.2) is 5.65 Å². The SMILES string of the molecule is CNc1cc(Nc2cccn(-c3ccccn3)c2=O)nc2c(C(=O)NC3CC[C@H]3OC)cnn12. The van der Waals surface area contributed by atoms with Crippen LogP contribution >= 0.6 is 0 Å². The van der Waals surface area contributed by atoms with Crippen molar-refractivity contribution in [3.05, 3.63) is 70.9 Å². The van der Waals surface area contributed by atoms with Gasteiger partial charge in [-0.25, -0.2) is 9.97 Å². The predicted octanol–water partition coefficient (Wildman–Crippen LogP) is 1.97. The van der Waals surface area contributed by atoms with Gasteiger partial charge >= 0.3 is 0 Å². The van der Waals surface area contributed by atoms with E-state index in [9.17, 15) is 9.59 Å². The fourth-order valence-electron chi connectivity index (χ4n) is 3.93. The molecule has 1 aliphatic carbocycles. The van der Waals surface area contributed by atoms with Crippen molar-refractivity contribution in [2.24, 2.45) is 0 Å². The van der Waals surface area contributed by atoms with Crippen LogP contribution in [0.25, 0.3) is 11.5 Å². The van der Waals surface area contributed by atoms with Crippen LogP contribution in [0.1, 0.15) is 23.2 Å². The Labute approximate surface area is 194 Å². The fraction of sp³-hybridized carbons (Fsp3) is 0.261. The smallest absolute Gasteiger partial charge is 0.279 e. The van der Waals surface area contributed by atoms with Crippen molar-refractivity contribution in [3.8, 4) is 5.82 Å². The Kier molecular flexibility index (Phi) is 5.68. The molecule has 174 valence electrons. The minimum absolute atomic E-state index is 0.0169. The van der Waals surface area contributed by atoms with Crippen LogP contribution in [-0.2, 0) is 4.74 Å². The minimum atomic E-state index is -0.282. The van der Waals surface area contributed by atoms with Crippen LogP contribution in [0, 0.1) is 0 Å². The summed E-state index contributed by atoms with van der Waals surface area (Å²) in [5.41, 5.74) is 0.730. The number of anilines is 3. The molecule has 1 aliphatic rings. The second-order valence-corrected chi connectivity index (χ2v) is 7.91. The Bertz CT molecular complexity index is 1400. The van der Waals surface area contributed by atoms with E-state index in [2.05, 4.69) is 31.0 Å². The van der Waals surface area contributed by atoms with E-state index in [-0.39, 0.29) is 23.6 Å². The average molecular weight is 460 g/mol. The summed E-state index contributed by atoms with van der Waals surface area (Å²) in [5.74, 6) is 1.23. The molecule has 4 aromatic heterocycles. The summed E-state index contributed by atoms with van der Waals surface area (Å²) in [7, 11) is 3.39. The number of rotatable bonds is 7. The number of amides is 1. The van der Waals surface area contributed by atoms with Crippen molar-refractivity contribution in [1.29, 1.82) is 0 Å². The molecule has 34 heavy (non-hydrogen) atoms. The lowest BCUT2D eigenvalue weighted by Crippen LogP contribution is -2.51. The zero-order valence-corrected chi connectivity index (χ0v) is 18.7. The number of carbonyl (C=O) groups excluding carboxylic acids is 1. The Morgan fingerprint density at radius 1 is 1.21 bits per heavy atom. The lowest BCUT2D eigenvalue weighted by atomic mass is 9.89. The second kappa shape index (κ2) is 8.94. The monoisotopic (exact) mass is 460 g/mol. The van der Waals surface area contributed by atoms with E-state index in [1.165, 1.54) is 10.8 Å². The molecule has 4 heterocycles. The van der Waals surface area contributed by atoms with Crippen LogP contribution in [0.3, 0.4) is 0 Å². The number of aromatic nitrogens is 5. The summed E-state index contributed by atoms with van der Waals surface area (Å²) in [5, 5.41) is 13.4.